The van der Waals surface area contributed by atoms with Crippen LogP contribution < -0.4 is 9.47 Å². The van der Waals surface area contributed by atoms with Gasteiger partial charge in [0, 0.05) is 23.3 Å². The van der Waals surface area contributed by atoms with Crippen molar-refractivity contribution in [3.8, 4) is 11.5 Å². The lowest BCUT2D eigenvalue weighted by Gasteiger charge is -2.17. The van der Waals surface area contributed by atoms with Crippen LogP contribution >= 0.6 is 15.9 Å². The summed E-state index contributed by atoms with van der Waals surface area (Å²) in [6.45, 7) is 0. The van der Waals surface area contributed by atoms with Crippen LogP contribution in [0.25, 0.3) is 0 Å². The van der Waals surface area contributed by atoms with Gasteiger partial charge in [-0.3, -0.25) is 0 Å². The highest BCUT2D eigenvalue weighted by Gasteiger charge is 2.24. The van der Waals surface area contributed by atoms with Crippen LogP contribution in [0, 0.1) is 17.5 Å². The van der Waals surface area contributed by atoms with Crippen LogP contribution in [0.1, 0.15) is 16.0 Å². The molecule has 0 aliphatic carbocycles. The summed E-state index contributed by atoms with van der Waals surface area (Å²) < 4.78 is 51.0. The summed E-state index contributed by atoms with van der Waals surface area (Å²) in [6, 6.07) is 6.17. The summed E-state index contributed by atoms with van der Waals surface area (Å²) >= 11 is 3.24. The molecule has 1 unspecified atom stereocenters. The second-order valence-electron chi connectivity index (χ2n) is 4.25. The number of methoxy groups -OCH3 is 2. The minimum atomic E-state index is -0.973. The van der Waals surface area contributed by atoms with Gasteiger partial charge in [-0.15, -0.1) is 0 Å². The molecule has 0 aromatic heterocycles. The Hall–Kier alpha value is -1.69. The van der Waals surface area contributed by atoms with Crippen molar-refractivity contribution in [2.24, 2.45) is 0 Å². The Bertz CT molecular complexity index is 638. The first-order chi connectivity index (χ1) is 9.97. The zero-order valence-electron chi connectivity index (χ0n) is 11.3. The third kappa shape index (κ3) is 3.15. The topological polar surface area (TPSA) is 18.5 Å². The van der Waals surface area contributed by atoms with Crippen molar-refractivity contribution in [3.63, 3.8) is 0 Å². The smallest absolute Gasteiger partial charge is 0.133 e. The Morgan fingerprint density at radius 3 is 2.10 bits per heavy atom. The molecule has 1 atom stereocenters. The Balaban J connectivity index is 2.56. The molecular weight excluding hydrogens is 349 g/mol. The largest absolute Gasteiger partial charge is 0.497 e. The van der Waals surface area contributed by atoms with Crippen molar-refractivity contribution in [1.29, 1.82) is 0 Å². The van der Waals surface area contributed by atoms with Crippen LogP contribution in [0.5, 0.6) is 11.5 Å². The molecule has 0 fully saturated rings. The van der Waals surface area contributed by atoms with E-state index in [0.717, 1.165) is 0 Å². The summed E-state index contributed by atoms with van der Waals surface area (Å²) in [5.41, 5.74) is 0.184. The molecule has 0 N–H and O–H groups in total. The van der Waals surface area contributed by atoms with Gasteiger partial charge in [-0.25, -0.2) is 13.2 Å². The van der Waals surface area contributed by atoms with E-state index in [1.807, 2.05) is 0 Å². The fraction of sp³-hybridized carbons (Fsp3) is 0.200. The minimum Gasteiger partial charge on any atom is -0.497 e. The number of ether oxygens (including phenoxy) is 2. The van der Waals surface area contributed by atoms with Crippen LogP contribution in [-0.4, -0.2) is 14.2 Å². The van der Waals surface area contributed by atoms with Crippen molar-refractivity contribution in [3.05, 3.63) is 58.9 Å². The first kappa shape index (κ1) is 15.7. The SMILES string of the molecule is COc1ccc(OC)c(C(Br)c2c(F)cc(F)cc2F)c1. The van der Waals surface area contributed by atoms with E-state index in [-0.39, 0.29) is 5.56 Å². The maximum absolute atomic E-state index is 13.9. The Morgan fingerprint density at radius 2 is 1.57 bits per heavy atom. The number of hydrogen-bond acceptors (Lipinski definition) is 2. The molecule has 0 aliphatic rings. The second-order valence-corrected chi connectivity index (χ2v) is 5.17. The first-order valence-corrected chi connectivity index (χ1v) is 6.90. The van der Waals surface area contributed by atoms with E-state index in [0.29, 0.717) is 29.2 Å². The van der Waals surface area contributed by atoms with E-state index >= 15 is 0 Å². The van der Waals surface area contributed by atoms with Crippen LogP contribution in [0.2, 0.25) is 0 Å². The lowest BCUT2D eigenvalue weighted by Crippen LogP contribution is -2.04. The quantitative estimate of drug-likeness (QED) is 0.741. The predicted octanol–water partition coefficient (Wildman–Crippen LogP) is 4.61. The van der Waals surface area contributed by atoms with Crippen molar-refractivity contribution in [1.82, 2.24) is 0 Å². The highest BCUT2D eigenvalue weighted by atomic mass is 79.9. The summed E-state index contributed by atoms with van der Waals surface area (Å²) in [4.78, 5) is -0.844. The van der Waals surface area contributed by atoms with Gasteiger partial charge in [0.25, 0.3) is 0 Å². The van der Waals surface area contributed by atoms with Gasteiger partial charge < -0.3 is 9.47 Å². The Morgan fingerprint density at radius 1 is 0.952 bits per heavy atom. The standard InChI is InChI=1S/C15H12BrF3O2/c1-20-9-3-4-13(21-2)10(7-9)15(16)14-11(18)5-8(17)6-12(14)19/h3-7,15H,1-2H3. The molecule has 0 aliphatic heterocycles. The zero-order valence-corrected chi connectivity index (χ0v) is 12.9. The molecule has 0 amide bonds. The van der Waals surface area contributed by atoms with E-state index in [4.69, 9.17) is 9.47 Å². The second kappa shape index (κ2) is 6.39. The Labute approximate surface area is 128 Å². The van der Waals surface area contributed by atoms with Crippen LogP contribution in [-0.2, 0) is 0 Å². The van der Waals surface area contributed by atoms with Crippen molar-refractivity contribution < 1.29 is 22.6 Å². The molecule has 2 rings (SSSR count). The third-order valence-corrected chi connectivity index (χ3v) is 3.96. The van der Waals surface area contributed by atoms with E-state index < -0.39 is 22.3 Å². The van der Waals surface area contributed by atoms with Crippen molar-refractivity contribution in [2.45, 2.75) is 4.83 Å². The predicted molar refractivity (Wildman–Crippen MR) is 76.6 cm³/mol. The van der Waals surface area contributed by atoms with Crippen LogP contribution in [0.15, 0.2) is 30.3 Å². The summed E-state index contributed by atoms with van der Waals surface area (Å²) in [5.74, 6) is -1.97. The number of benzene rings is 2. The highest BCUT2D eigenvalue weighted by Crippen LogP contribution is 2.40. The fourth-order valence-electron chi connectivity index (χ4n) is 1.99. The minimum absolute atomic E-state index is 0.289. The summed E-state index contributed by atoms with van der Waals surface area (Å²) in [7, 11) is 2.93. The molecule has 2 aromatic rings. The lowest BCUT2D eigenvalue weighted by molar-refractivity contribution is 0.399. The van der Waals surface area contributed by atoms with Gasteiger partial charge >= 0.3 is 0 Å². The molecule has 21 heavy (non-hydrogen) atoms. The molecule has 112 valence electrons. The molecule has 0 bridgehead atoms. The van der Waals surface area contributed by atoms with Gasteiger partial charge in [0.1, 0.15) is 29.0 Å². The van der Waals surface area contributed by atoms with Crippen LogP contribution in [0.4, 0.5) is 13.2 Å². The highest BCUT2D eigenvalue weighted by molar-refractivity contribution is 9.09. The van der Waals surface area contributed by atoms with Crippen molar-refractivity contribution in [2.75, 3.05) is 14.2 Å². The molecule has 0 spiro atoms. The number of hydrogen-bond donors (Lipinski definition) is 0. The van der Waals surface area contributed by atoms with E-state index in [2.05, 4.69) is 15.9 Å². The monoisotopic (exact) mass is 360 g/mol. The zero-order chi connectivity index (χ0) is 15.6. The number of rotatable bonds is 4. The number of alkyl halides is 1. The van der Waals surface area contributed by atoms with Gasteiger partial charge in [0.15, 0.2) is 0 Å². The average Bonchev–Trinajstić information content (AvgIpc) is 2.45. The lowest BCUT2D eigenvalue weighted by atomic mass is 10.0. The molecule has 6 heteroatoms. The molecule has 0 saturated heterocycles. The normalized spacial score (nSPS) is 12.1. The molecule has 0 radical (unpaired) electrons. The van der Waals surface area contributed by atoms with Gasteiger partial charge in [-0.2, -0.15) is 0 Å². The van der Waals surface area contributed by atoms with E-state index in [9.17, 15) is 13.2 Å². The van der Waals surface area contributed by atoms with Gasteiger partial charge in [0.05, 0.1) is 19.0 Å². The molecule has 0 saturated carbocycles. The molecular formula is C15H12BrF3O2. The maximum atomic E-state index is 13.9. The van der Waals surface area contributed by atoms with Crippen LogP contribution in [0.3, 0.4) is 0 Å². The van der Waals surface area contributed by atoms with E-state index in [1.54, 1.807) is 18.2 Å². The summed E-state index contributed by atoms with van der Waals surface area (Å²) in [6.07, 6.45) is 0. The fourth-order valence-corrected chi connectivity index (χ4v) is 2.78. The van der Waals surface area contributed by atoms with Gasteiger partial charge in [-0.05, 0) is 18.2 Å². The first-order valence-electron chi connectivity index (χ1n) is 5.98. The van der Waals surface area contributed by atoms with Gasteiger partial charge in [0.2, 0.25) is 0 Å². The molecule has 0 heterocycles. The molecule has 2 nitrogen and oxygen atoms in total. The maximum Gasteiger partial charge on any atom is 0.133 e. The number of halogens is 4. The van der Waals surface area contributed by atoms with Crippen molar-refractivity contribution >= 4 is 15.9 Å². The average molecular weight is 361 g/mol. The molecule has 2 aromatic carbocycles. The Kier molecular flexibility index (Phi) is 4.77. The third-order valence-electron chi connectivity index (χ3n) is 3.01. The summed E-state index contributed by atoms with van der Waals surface area (Å²) in [5, 5.41) is 0. The van der Waals surface area contributed by atoms with E-state index in [1.165, 1.54) is 14.2 Å². The van der Waals surface area contributed by atoms with Gasteiger partial charge in [-0.1, -0.05) is 15.9 Å².